The van der Waals surface area contributed by atoms with Gasteiger partial charge in [-0.1, -0.05) is 12.1 Å². The molecule has 0 unspecified atom stereocenters. The Morgan fingerprint density at radius 2 is 2.00 bits per heavy atom. The first-order valence-electron chi connectivity index (χ1n) is 8.67. The van der Waals surface area contributed by atoms with Gasteiger partial charge in [-0.05, 0) is 37.8 Å². The minimum Gasteiger partial charge on any atom is -0.370 e. The van der Waals surface area contributed by atoms with Crippen LogP contribution in [0.3, 0.4) is 0 Å². The zero-order valence-electron chi connectivity index (χ0n) is 13.9. The van der Waals surface area contributed by atoms with E-state index in [2.05, 4.69) is 26.6 Å². The van der Waals surface area contributed by atoms with Crippen molar-refractivity contribution in [1.82, 2.24) is 14.9 Å². The predicted octanol–water partition coefficient (Wildman–Crippen LogP) is 3.09. The Hall–Kier alpha value is -2.50. The first-order chi connectivity index (χ1) is 11.8. The molecule has 1 aromatic carbocycles. The Labute approximate surface area is 142 Å². The van der Waals surface area contributed by atoms with Gasteiger partial charge in [0.1, 0.15) is 0 Å². The summed E-state index contributed by atoms with van der Waals surface area (Å²) in [5.41, 5.74) is 2.00. The summed E-state index contributed by atoms with van der Waals surface area (Å²) in [6.45, 7) is 3.61. The molecule has 2 heterocycles. The molecule has 2 N–H and O–H groups in total. The minimum atomic E-state index is -0.148. The van der Waals surface area contributed by atoms with E-state index >= 15 is 0 Å². The van der Waals surface area contributed by atoms with E-state index in [4.69, 9.17) is 0 Å². The van der Waals surface area contributed by atoms with E-state index in [1.54, 1.807) is 12.5 Å². The van der Waals surface area contributed by atoms with Gasteiger partial charge < -0.3 is 20.1 Å². The maximum Gasteiger partial charge on any atom is 0.319 e. The van der Waals surface area contributed by atoms with Crippen LogP contribution in [0, 0.1) is 0 Å². The lowest BCUT2D eigenvalue weighted by Crippen LogP contribution is -2.33. The minimum absolute atomic E-state index is 0.148. The zero-order chi connectivity index (χ0) is 16.6. The fourth-order valence-electron chi connectivity index (χ4n) is 3.04. The van der Waals surface area contributed by atoms with Crippen molar-refractivity contribution in [2.45, 2.75) is 32.2 Å². The third-order valence-corrected chi connectivity index (χ3v) is 4.29. The van der Waals surface area contributed by atoms with Crippen LogP contribution in [0.15, 0.2) is 43.0 Å². The van der Waals surface area contributed by atoms with Gasteiger partial charge in [0.15, 0.2) is 0 Å². The van der Waals surface area contributed by atoms with Crippen LogP contribution in [0.1, 0.15) is 25.7 Å². The average molecular weight is 327 g/mol. The lowest BCUT2D eigenvalue weighted by molar-refractivity contribution is 0.252. The van der Waals surface area contributed by atoms with Crippen LogP contribution < -0.4 is 15.5 Å². The van der Waals surface area contributed by atoms with Crippen molar-refractivity contribution >= 4 is 17.4 Å². The Morgan fingerprint density at radius 1 is 1.17 bits per heavy atom. The molecule has 2 aromatic rings. The average Bonchev–Trinajstić information content (AvgIpc) is 3.13. The second kappa shape index (κ2) is 8.38. The number of nitrogens with zero attached hydrogens (tertiary/aromatic N) is 3. The number of nitrogens with one attached hydrogen (secondary N) is 2. The summed E-state index contributed by atoms with van der Waals surface area (Å²) in [6, 6.07) is 7.89. The molecule has 0 radical (unpaired) electrons. The summed E-state index contributed by atoms with van der Waals surface area (Å²) < 4.78 is 2.01. The van der Waals surface area contributed by atoms with Gasteiger partial charge in [-0.3, -0.25) is 0 Å². The van der Waals surface area contributed by atoms with E-state index in [1.165, 1.54) is 19.3 Å². The van der Waals surface area contributed by atoms with Gasteiger partial charge in [-0.15, -0.1) is 0 Å². The van der Waals surface area contributed by atoms with Crippen LogP contribution >= 0.6 is 0 Å². The van der Waals surface area contributed by atoms with Crippen LogP contribution in [0.4, 0.5) is 16.2 Å². The SMILES string of the molecule is O=C(NCCCn1ccnc1)Nc1ccccc1N1CCCCC1. The molecule has 0 aliphatic carbocycles. The quantitative estimate of drug-likeness (QED) is 0.802. The molecule has 0 saturated carbocycles. The first kappa shape index (κ1) is 16.4. The van der Waals surface area contributed by atoms with Crippen LogP contribution in [-0.2, 0) is 6.54 Å². The normalized spacial score (nSPS) is 14.4. The Kier molecular flexibility index (Phi) is 5.71. The number of hydrogen-bond acceptors (Lipinski definition) is 3. The highest BCUT2D eigenvalue weighted by Crippen LogP contribution is 2.28. The Balaban J connectivity index is 1.48. The highest BCUT2D eigenvalue weighted by atomic mass is 16.2. The van der Waals surface area contributed by atoms with Crippen molar-refractivity contribution in [3.63, 3.8) is 0 Å². The third kappa shape index (κ3) is 4.50. The number of piperidine rings is 1. The van der Waals surface area contributed by atoms with Crippen LogP contribution in [-0.4, -0.2) is 35.2 Å². The fourth-order valence-corrected chi connectivity index (χ4v) is 3.04. The van der Waals surface area contributed by atoms with Gasteiger partial charge in [0.25, 0.3) is 0 Å². The highest BCUT2D eigenvalue weighted by Gasteiger charge is 2.15. The molecule has 0 atom stereocenters. The van der Waals surface area contributed by atoms with Crippen molar-refractivity contribution in [3.8, 4) is 0 Å². The van der Waals surface area contributed by atoms with E-state index < -0.39 is 0 Å². The number of urea groups is 1. The molecule has 6 nitrogen and oxygen atoms in total. The molecule has 128 valence electrons. The van der Waals surface area contributed by atoms with Crippen molar-refractivity contribution in [2.75, 3.05) is 29.9 Å². The molecule has 6 heteroatoms. The number of anilines is 2. The molecule has 0 bridgehead atoms. The molecule has 1 aliphatic heterocycles. The number of para-hydroxylation sites is 2. The number of aryl methyl sites for hydroxylation is 1. The van der Waals surface area contributed by atoms with Gasteiger partial charge in [-0.2, -0.15) is 0 Å². The molecule has 1 aliphatic rings. The topological polar surface area (TPSA) is 62.2 Å². The third-order valence-electron chi connectivity index (χ3n) is 4.29. The maximum absolute atomic E-state index is 12.1. The zero-order valence-corrected chi connectivity index (χ0v) is 13.9. The second-order valence-corrected chi connectivity index (χ2v) is 6.10. The van der Waals surface area contributed by atoms with E-state index in [-0.39, 0.29) is 6.03 Å². The van der Waals surface area contributed by atoms with E-state index in [0.717, 1.165) is 37.4 Å². The summed E-state index contributed by atoms with van der Waals surface area (Å²) in [5, 5.41) is 5.91. The smallest absolute Gasteiger partial charge is 0.319 e. The monoisotopic (exact) mass is 327 g/mol. The predicted molar refractivity (Wildman–Crippen MR) is 96.4 cm³/mol. The van der Waals surface area contributed by atoms with Crippen molar-refractivity contribution < 1.29 is 4.79 Å². The molecule has 0 spiro atoms. The number of amides is 2. The van der Waals surface area contributed by atoms with Gasteiger partial charge in [-0.25, -0.2) is 9.78 Å². The Morgan fingerprint density at radius 3 is 2.79 bits per heavy atom. The highest BCUT2D eigenvalue weighted by molar-refractivity contribution is 5.93. The lowest BCUT2D eigenvalue weighted by atomic mass is 10.1. The molecule has 1 fully saturated rings. The molecular weight excluding hydrogens is 302 g/mol. The van der Waals surface area contributed by atoms with Crippen LogP contribution in [0.5, 0.6) is 0 Å². The molecule has 3 rings (SSSR count). The lowest BCUT2D eigenvalue weighted by Gasteiger charge is -2.30. The Bertz CT molecular complexity index is 635. The number of carbonyl (C=O) groups is 1. The molecule has 24 heavy (non-hydrogen) atoms. The number of benzene rings is 1. The number of rotatable bonds is 6. The molecule has 1 aromatic heterocycles. The number of carbonyl (C=O) groups excluding carboxylic acids is 1. The summed E-state index contributed by atoms with van der Waals surface area (Å²) in [5.74, 6) is 0. The summed E-state index contributed by atoms with van der Waals surface area (Å²) in [6.07, 6.45) is 10.1. The van der Waals surface area contributed by atoms with Gasteiger partial charge in [0.05, 0.1) is 17.7 Å². The summed E-state index contributed by atoms with van der Waals surface area (Å²) >= 11 is 0. The van der Waals surface area contributed by atoms with Crippen LogP contribution in [0.25, 0.3) is 0 Å². The number of imidazole rings is 1. The van der Waals surface area contributed by atoms with E-state index in [9.17, 15) is 4.79 Å². The summed E-state index contributed by atoms with van der Waals surface area (Å²) in [4.78, 5) is 18.5. The first-order valence-corrected chi connectivity index (χ1v) is 8.67. The summed E-state index contributed by atoms with van der Waals surface area (Å²) in [7, 11) is 0. The maximum atomic E-state index is 12.1. The van der Waals surface area contributed by atoms with Crippen molar-refractivity contribution in [3.05, 3.63) is 43.0 Å². The van der Waals surface area contributed by atoms with Crippen molar-refractivity contribution in [1.29, 1.82) is 0 Å². The van der Waals surface area contributed by atoms with Gasteiger partial charge >= 0.3 is 6.03 Å². The molecule has 2 amide bonds. The fraction of sp³-hybridized carbons (Fsp3) is 0.444. The van der Waals surface area contributed by atoms with Gasteiger partial charge in [0, 0.05) is 38.6 Å². The van der Waals surface area contributed by atoms with Crippen molar-refractivity contribution in [2.24, 2.45) is 0 Å². The van der Waals surface area contributed by atoms with Gasteiger partial charge in [0.2, 0.25) is 0 Å². The number of hydrogen-bond donors (Lipinski definition) is 2. The van der Waals surface area contributed by atoms with E-state index in [0.29, 0.717) is 6.54 Å². The van der Waals surface area contributed by atoms with Crippen LogP contribution in [0.2, 0.25) is 0 Å². The largest absolute Gasteiger partial charge is 0.370 e. The second-order valence-electron chi connectivity index (χ2n) is 6.10. The molecule has 1 saturated heterocycles. The standard InChI is InChI=1S/C18H25N5O/c24-18(20-9-6-11-22-14-10-19-15-22)21-16-7-2-3-8-17(16)23-12-4-1-5-13-23/h2-3,7-8,10,14-15H,1,4-6,9,11-13H2,(H2,20,21,24). The number of aromatic nitrogens is 2. The van der Waals surface area contributed by atoms with E-state index in [1.807, 2.05) is 29.0 Å². The molecular formula is C18H25N5O.